The number of ether oxygens (including phenoxy) is 1. The van der Waals surface area contributed by atoms with Crippen molar-refractivity contribution in [1.29, 1.82) is 0 Å². The van der Waals surface area contributed by atoms with E-state index in [1.165, 1.54) is 0 Å². The number of nitrogens with two attached hydrogens (primary N) is 1. The fourth-order valence-electron chi connectivity index (χ4n) is 5.49. The third-order valence-electron chi connectivity index (χ3n) is 7.49. The van der Waals surface area contributed by atoms with Crippen LogP contribution in [0.25, 0.3) is 22.3 Å². The zero-order valence-electron chi connectivity index (χ0n) is 21.5. The summed E-state index contributed by atoms with van der Waals surface area (Å²) in [6, 6.07) is 19.0. The molecule has 0 atom stereocenters. The second-order valence-corrected chi connectivity index (χ2v) is 10.2. The van der Waals surface area contributed by atoms with Crippen LogP contribution in [0.1, 0.15) is 37.5 Å². The lowest BCUT2D eigenvalue weighted by atomic mass is 9.92. The summed E-state index contributed by atoms with van der Waals surface area (Å²) in [5, 5.41) is 3.60. The van der Waals surface area contributed by atoms with E-state index in [0.29, 0.717) is 41.6 Å². The molecule has 3 N–H and O–H groups in total. The molecule has 1 aliphatic carbocycles. The normalized spacial score (nSPS) is 14.1. The largest absolute Gasteiger partial charge is 0.378 e. The van der Waals surface area contributed by atoms with Gasteiger partial charge in [0.05, 0.1) is 13.2 Å². The summed E-state index contributed by atoms with van der Waals surface area (Å²) in [6.45, 7) is 5.08. The van der Waals surface area contributed by atoms with Crippen LogP contribution in [-0.2, 0) is 11.2 Å². The van der Waals surface area contributed by atoms with Crippen molar-refractivity contribution in [2.45, 2.75) is 13.3 Å². The summed E-state index contributed by atoms with van der Waals surface area (Å²) in [7, 11) is 0. The molecule has 196 valence electrons. The number of halogens is 1. The topological polar surface area (TPSA) is 97.6 Å². The van der Waals surface area contributed by atoms with E-state index < -0.39 is 5.91 Å². The number of anilines is 2. The summed E-state index contributed by atoms with van der Waals surface area (Å²) >= 11 is 5.98. The number of amides is 2. The molecule has 0 spiro atoms. The number of benzene rings is 3. The Labute approximate surface area is 231 Å². The molecule has 0 radical (unpaired) electrons. The predicted octanol–water partition coefficient (Wildman–Crippen LogP) is 5.47. The van der Waals surface area contributed by atoms with Gasteiger partial charge in [-0.05, 0) is 82.8 Å². The Morgan fingerprint density at radius 1 is 1.00 bits per heavy atom. The molecular formula is C31H27ClN4O3. The number of hydrogen-bond donors (Lipinski definition) is 2. The molecule has 1 fully saturated rings. The average Bonchev–Trinajstić information content (AvgIpc) is 3.33. The van der Waals surface area contributed by atoms with Crippen LogP contribution >= 0.6 is 11.6 Å². The van der Waals surface area contributed by atoms with Crippen molar-refractivity contribution in [3.8, 4) is 22.3 Å². The first-order valence-corrected chi connectivity index (χ1v) is 13.2. The maximum absolute atomic E-state index is 12.9. The second-order valence-electron chi connectivity index (χ2n) is 9.80. The predicted molar refractivity (Wildman–Crippen MR) is 154 cm³/mol. The van der Waals surface area contributed by atoms with Gasteiger partial charge in [0.1, 0.15) is 5.69 Å². The highest BCUT2D eigenvalue weighted by molar-refractivity contribution is 6.30. The molecule has 2 amide bonds. The lowest BCUT2D eigenvalue weighted by molar-refractivity contribution is 0.0992. The molecule has 1 saturated heterocycles. The Morgan fingerprint density at radius 2 is 1.77 bits per heavy atom. The minimum atomic E-state index is -0.542. The van der Waals surface area contributed by atoms with E-state index in [0.717, 1.165) is 57.7 Å². The third kappa shape index (κ3) is 4.64. The van der Waals surface area contributed by atoms with E-state index in [-0.39, 0.29) is 5.91 Å². The Kier molecular flexibility index (Phi) is 6.54. The van der Waals surface area contributed by atoms with Gasteiger partial charge in [-0.3, -0.25) is 14.6 Å². The van der Waals surface area contributed by atoms with Crippen LogP contribution < -0.4 is 16.0 Å². The van der Waals surface area contributed by atoms with Crippen molar-refractivity contribution >= 4 is 34.8 Å². The number of carbonyl (C=O) groups is 2. The summed E-state index contributed by atoms with van der Waals surface area (Å²) in [5.41, 5.74) is 15.1. The van der Waals surface area contributed by atoms with Crippen LogP contribution in [0, 0.1) is 6.92 Å². The van der Waals surface area contributed by atoms with Crippen LogP contribution in [0.4, 0.5) is 11.4 Å². The Morgan fingerprint density at radius 3 is 2.51 bits per heavy atom. The summed E-state index contributed by atoms with van der Waals surface area (Å²) in [4.78, 5) is 32.1. The molecule has 7 nitrogen and oxygen atoms in total. The maximum Gasteiger partial charge on any atom is 0.267 e. The molecule has 0 unspecified atom stereocenters. The second kappa shape index (κ2) is 10.2. The van der Waals surface area contributed by atoms with Gasteiger partial charge in [0, 0.05) is 53.2 Å². The standard InChI is InChI=1S/C31H27ClN4O3/c1-18-23(3-2-4-27(18)35-31(38)19-5-7-21(32)8-6-19)26-17-34-29(30(33)37)25-16-20-15-22(9-10-24(20)28(25)26)36-11-13-39-14-12-36/h2-10,15,17H,11-14,16H2,1H3,(H2,33,37)(H,35,38). The van der Waals surface area contributed by atoms with E-state index in [2.05, 4.69) is 33.4 Å². The number of hydrogen-bond acceptors (Lipinski definition) is 5. The molecule has 4 aromatic rings. The van der Waals surface area contributed by atoms with Gasteiger partial charge in [-0.25, -0.2) is 0 Å². The van der Waals surface area contributed by atoms with Crippen LogP contribution in [-0.4, -0.2) is 43.1 Å². The first-order valence-electron chi connectivity index (χ1n) is 12.9. The Bertz CT molecular complexity index is 1610. The van der Waals surface area contributed by atoms with Crippen LogP contribution in [0.3, 0.4) is 0 Å². The lowest BCUT2D eigenvalue weighted by Gasteiger charge is -2.29. The number of rotatable bonds is 5. The average molecular weight is 539 g/mol. The smallest absolute Gasteiger partial charge is 0.267 e. The molecule has 8 heteroatoms. The van der Waals surface area contributed by atoms with E-state index in [1.54, 1.807) is 30.5 Å². The summed E-state index contributed by atoms with van der Waals surface area (Å²) < 4.78 is 5.51. The fourth-order valence-corrected chi connectivity index (χ4v) is 5.61. The lowest BCUT2D eigenvalue weighted by Crippen LogP contribution is -2.36. The molecule has 39 heavy (non-hydrogen) atoms. The van der Waals surface area contributed by atoms with Gasteiger partial charge in [0.15, 0.2) is 0 Å². The molecule has 1 aliphatic heterocycles. The first kappa shape index (κ1) is 25.1. The van der Waals surface area contributed by atoms with Gasteiger partial charge in [0.2, 0.25) is 0 Å². The molecule has 0 bridgehead atoms. The summed E-state index contributed by atoms with van der Waals surface area (Å²) in [6.07, 6.45) is 2.30. The van der Waals surface area contributed by atoms with E-state index in [1.807, 2.05) is 25.1 Å². The summed E-state index contributed by atoms with van der Waals surface area (Å²) in [5.74, 6) is -0.764. The minimum absolute atomic E-state index is 0.222. The number of nitrogens with zero attached hydrogens (tertiary/aromatic N) is 2. The maximum atomic E-state index is 12.9. The highest BCUT2D eigenvalue weighted by atomic mass is 35.5. The Balaban J connectivity index is 1.41. The molecule has 6 rings (SSSR count). The Hall–Kier alpha value is -4.20. The SMILES string of the molecule is Cc1c(NC(=O)c2ccc(Cl)cc2)cccc1-c1cnc(C(N)=O)c2c1-c1ccc(N3CCOCC3)cc1C2. The van der Waals surface area contributed by atoms with Gasteiger partial charge >= 0.3 is 0 Å². The van der Waals surface area contributed by atoms with Crippen molar-refractivity contribution in [2.24, 2.45) is 5.73 Å². The van der Waals surface area contributed by atoms with Gasteiger partial charge in [-0.2, -0.15) is 0 Å². The van der Waals surface area contributed by atoms with Gasteiger partial charge in [0.25, 0.3) is 11.8 Å². The van der Waals surface area contributed by atoms with E-state index >= 15 is 0 Å². The van der Waals surface area contributed by atoms with Crippen LogP contribution in [0.15, 0.2) is 66.9 Å². The number of fused-ring (bicyclic) bond motifs is 3. The molecule has 0 saturated carbocycles. The number of carbonyl (C=O) groups excluding carboxylic acids is 2. The number of pyridine rings is 1. The zero-order chi connectivity index (χ0) is 27.1. The van der Waals surface area contributed by atoms with Crippen molar-refractivity contribution in [2.75, 3.05) is 36.5 Å². The molecule has 2 aliphatic rings. The van der Waals surface area contributed by atoms with Crippen molar-refractivity contribution < 1.29 is 14.3 Å². The van der Waals surface area contributed by atoms with Crippen LogP contribution in [0.5, 0.6) is 0 Å². The van der Waals surface area contributed by atoms with E-state index in [4.69, 9.17) is 22.1 Å². The van der Waals surface area contributed by atoms with Gasteiger partial charge in [-0.15, -0.1) is 0 Å². The monoisotopic (exact) mass is 538 g/mol. The number of aromatic nitrogens is 1. The number of primary amides is 1. The quantitative estimate of drug-likeness (QED) is 0.309. The third-order valence-corrected chi connectivity index (χ3v) is 7.75. The highest BCUT2D eigenvalue weighted by Crippen LogP contribution is 2.46. The van der Waals surface area contributed by atoms with Crippen molar-refractivity contribution in [1.82, 2.24) is 4.98 Å². The highest BCUT2D eigenvalue weighted by Gasteiger charge is 2.29. The van der Waals surface area contributed by atoms with Crippen LogP contribution in [0.2, 0.25) is 5.02 Å². The molecule has 3 aromatic carbocycles. The minimum Gasteiger partial charge on any atom is -0.378 e. The number of nitrogens with one attached hydrogen (secondary N) is 1. The van der Waals surface area contributed by atoms with E-state index in [9.17, 15) is 9.59 Å². The first-order chi connectivity index (χ1) is 18.9. The van der Waals surface area contributed by atoms with Crippen molar-refractivity contribution in [3.63, 3.8) is 0 Å². The molecule has 2 heterocycles. The van der Waals surface area contributed by atoms with Gasteiger partial charge < -0.3 is 20.7 Å². The van der Waals surface area contributed by atoms with Gasteiger partial charge in [-0.1, -0.05) is 29.8 Å². The zero-order valence-corrected chi connectivity index (χ0v) is 22.2. The number of morpholine rings is 1. The molecular weight excluding hydrogens is 512 g/mol. The molecule has 1 aromatic heterocycles. The van der Waals surface area contributed by atoms with Crippen molar-refractivity contribution in [3.05, 3.63) is 99.8 Å². The fraction of sp³-hybridized carbons (Fsp3) is 0.194.